The first kappa shape index (κ1) is 11.1. The lowest BCUT2D eigenvalue weighted by Gasteiger charge is -2.12. The van der Waals surface area contributed by atoms with Crippen molar-refractivity contribution in [1.82, 2.24) is 14.3 Å². The summed E-state index contributed by atoms with van der Waals surface area (Å²) in [4.78, 5) is 16.5. The van der Waals surface area contributed by atoms with Crippen LogP contribution in [-0.2, 0) is 6.54 Å². The van der Waals surface area contributed by atoms with Gasteiger partial charge < -0.3 is 5.11 Å². The van der Waals surface area contributed by atoms with Crippen molar-refractivity contribution in [3.8, 4) is 0 Å². The molecule has 0 aliphatic carbocycles. The molecule has 1 aromatic rings. The number of carboxylic acids is 1. The molecule has 0 unspecified atom stereocenters. The molecular formula is C8H13N3O2S. The van der Waals surface area contributed by atoms with Gasteiger partial charge in [0.1, 0.15) is 0 Å². The summed E-state index contributed by atoms with van der Waals surface area (Å²) in [5.74, 6) is -0.421. The lowest BCUT2D eigenvalue weighted by molar-refractivity contribution is 0.0696. The van der Waals surface area contributed by atoms with Crippen molar-refractivity contribution in [2.75, 3.05) is 13.6 Å². The molecule has 0 aliphatic heterocycles. The third-order valence-corrected chi connectivity index (χ3v) is 2.41. The Labute approximate surface area is 86.6 Å². The topological polar surface area (TPSA) is 66.3 Å². The van der Waals surface area contributed by atoms with Crippen LogP contribution < -0.4 is 0 Å². The first-order valence-electron chi connectivity index (χ1n) is 4.38. The number of rotatable bonds is 5. The van der Waals surface area contributed by atoms with E-state index in [1.807, 2.05) is 7.05 Å². The van der Waals surface area contributed by atoms with Gasteiger partial charge >= 0.3 is 5.97 Å². The van der Waals surface area contributed by atoms with E-state index in [0.29, 0.717) is 12.4 Å². The molecule has 1 heterocycles. The minimum atomic E-state index is -1.01. The molecule has 0 bridgehead atoms. The molecule has 6 heteroatoms. The number of hydrogen-bond acceptors (Lipinski definition) is 5. The van der Waals surface area contributed by atoms with E-state index in [-0.39, 0.29) is 5.01 Å². The quantitative estimate of drug-likeness (QED) is 0.796. The maximum Gasteiger partial charge on any atom is 0.366 e. The highest BCUT2D eigenvalue weighted by Crippen LogP contribution is 2.06. The minimum absolute atomic E-state index is 0.0601. The standard InChI is InChI=1S/C8H13N3O2S/c1-3-4-11(2)5-6-9-7(8(12)13)14-10-6/h3-5H2,1-2H3,(H,12,13). The Morgan fingerprint density at radius 1 is 1.64 bits per heavy atom. The van der Waals surface area contributed by atoms with Crippen LogP contribution in [0.5, 0.6) is 0 Å². The van der Waals surface area contributed by atoms with E-state index < -0.39 is 5.97 Å². The van der Waals surface area contributed by atoms with Crippen LogP contribution in [0.4, 0.5) is 0 Å². The van der Waals surface area contributed by atoms with Gasteiger partial charge in [0, 0.05) is 0 Å². The van der Waals surface area contributed by atoms with E-state index in [9.17, 15) is 4.79 Å². The van der Waals surface area contributed by atoms with Crippen LogP contribution >= 0.6 is 11.5 Å². The zero-order chi connectivity index (χ0) is 10.6. The Kier molecular flexibility index (Phi) is 3.97. The van der Waals surface area contributed by atoms with Crippen LogP contribution in [-0.4, -0.2) is 38.9 Å². The summed E-state index contributed by atoms with van der Waals surface area (Å²) in [6.07, 6.45) is 1.06. The second-order valence-corrected chi connectivity index (χ2v) is 3.81. The van der Waals surface area contributed by atoms with Gasteiger partial charge in [-0.2, -0.15) is 4.37 Å². The zero-order valence-electron chi connectivity index (χ0n) is 8.23. The molecule has 0 aliphatic rings. The van der Waals surface area contributed by atoms with E-state index in [1.54, 1.807) is 0 Å². The first-order chi connectivity index (χ1) is 6.63. The van der Waals surface area contributed by atoms with Crippen LogP contribution in [0.25, 0.3) is 0 Å². The van der Waals surface area contributed by atoms with E-state index in [2.05, 4.69) is 21.2 Å². The normalized spacial score (nSPS) is 10.8. The summed E-state index contributed by atoms with van der Waals surface area (Å²) in [5, 5.41) is 8.69. The van der Waals surface area contributed by atoms with Crippen molar-refractivity contribution >= 4 is 17.5 Å². The summed E-state index contributed by atoms with van der Waals surface area (Å²) < 4.78 is 3.97. The third kappa shape index (κ3) is 3.04. The third-order valence-electron chi connectivity index (χ3n) is 1.67. The van der Waals surface area contributed by atoms with Crippen LogP contribution in [0.2, 0.25) is 0 Å². The van der Waals surface area contributed by atoms with E-state index in [0.717, 1.165) is 24.5 Å². The molecule has 1 N–H and O–H groups in total. The van der Waals surface area contributed by atoms with E-state index in [4.69, 9.17) is 5.11 Å². The van der Waals surface area contributed by atoms with Gasteiger partial charge in [-0.15, -0.1) is 0 Å². The number of hydrogen-bond donors (Lipinski definition) is 1. The average Bonchev–Trinajstić information content (AvgIpc) is 2.53. The summed E-state index contributed by atoms with van der Waals surface area (Å²) in [6.45, 7) is 3.66. The average molecular weight is 215 g/mol. The molecule has 0 saturated heterocycles. The molecule has 0 amide bonds. The predicted molar refractivity (Wildman–Crippen MR) is 53.5 cm³/mol. The molecule has 1 rings (SSSR count). The van der Waals surface area contributed by atoms with Gasteiger partial charge in [0.05, 0.1) is 6.54 Å². The summed E-state index contributed by atoms with van der Waals surface area (Å²) in [6, 6.07) is 0. The molecule has 0 aromatic carbocycles. The summed E-state index contributed by atoms with van der Waals surface area (Å²) in [5.41, 5.74) is 0. The zero-order valence-corrected chi connectivity index (χ0v) is 9.04. The van der Waals surface area contributed by atoms with Crippen LogP contribution in [0.1, 0.15) is 29.0 Å². The van der Waals surface area contributed by atoms with Gasteiger partial charge in [0.2, 0.25) is 5.01 Å². The maximum absolute atomic E-state index is 10.5. The van der Waals surface area contributed by atoms with Crippen molar-refractivity contribution in [2.24, 2.45) is 0 Å². The first-order valence-corrected chi connectivity index (χ1v) is 5.15. The Morgan fingerprint density at radius 3 is 2.86 bits per heavy atom. The van der Waals surface area contributed by atoms with Crippen molar-refractivity contribution in [3.05, 3.63) is 10.8 Å². The van der Waals surface area contributed by atoms with Gasteiger partial charge in [0.15, 0.2) is 5.82 Å². The number of carbonyl (C=O) groups is 1. The molecule has 14 heavy (non-hydrogen) atoms. The molecule has 0 spiro atoms. The SMILES string of the molecule is CCCN(C)Cc1nsc(C(=O)O)n1. The Balaban J connectivity index is 2.55. The van der Waals surface area contributed by atoms with Crippen molar-refractivity contribution in [1.29, 1.82) is 0 Å². The second kappa shape index (κ2) is 5.02. The van der Waals surface area contributed by atoms with Gasteiger partial charge in [-0.1, -0.05) is 6.92 Å². The molecule has 0 saturated carbocycles. The molecule has 1 aromatic heterocycles. The second-order valence-electron chi connectivity index (χ2n) is 3.06. The smallest absolute Gasteiger partial charge is 0.366 e. The fourth-order valence-corrected chi connectivity index (χ4v) is 1.62. The monoisotopic (exact) mass is 215 g/mol. The maximum atomic E-state index is 10.5. The van der Waals surface area contributed by atoms with Gasteiger partial charge in [-0.25, -0.2) is 9.78 Å². The summed E-state index contributed by atoms with van der Waals surface area (Å²) >= 11 is 0.930. The van der Waals surface area contributed by atoms with E-state index in [1.165, 1.54) is 0 Å². The Bertz CT molecular complexity index is 313. The van der Waals surface area contributed by atoms with E-state index >= 15 is 0 Å². The van der Waals surface area contributed by atoms with Crippen LogP contribution in [0.15, 0.2) is 0 Å². The van der Waals surface area contributed by atoms with Gasteiger partial charge in [-0.05, 0) is 31.5 Å². The molecule has 78 valence electrons. The van der Waals surface area contributed by atoms with Gasteiger partial charge in [0.25, 0.3) is 0 Å². The molecule has 0 fully saturated rings. The van der Waals surface area contributed by atoms with Crippen molar-refractivity contribution in [3.63, 3.8) is 0 Å². The Hall–Kier alpha value is -1.01. The van der Waals surface area contributed by atoms with Crippen LogP contribution in [0.3, 0.4) is 0 Å². The fourth-order valence-electron chi connectivity index (χ4n) is 1.11. The summed E-state index contributed by atoms with van der Waals surface area (Å²) in [7, 11) is 1.96. The van der Waals surface area contributed by atoms with Crippen LogP contribution in [0, 0.1) is 0 Å². The van der Waals surface area contributed by atoms with Gasteiger partial charge in [-0.3, -0.25) is 4.90 Å². The predicted octanol–water partition coefficient (Wildman–Crippen LogP) is 1.08. The lowest BCUT2D eigenvalue weighted by Crippen LogP contribution is -2.19. The Morgan fingerprint density at radius 2 is 2.36 bits per heavy atom. The highest BCUT2D eigenvalue weighted by Gasteiger charge is 2.11. The van der Waals surface area contributed by atoms with Crippen molar-refractivity contribution in [2.45, 2.75) is 19.9 Å². The number of nitrogens with zero attached hydrogens (tertiary/aromatic N) is 3. The van der Waals surface area contributed by atoms with Crippen molar-refractivity contribution < 1.29 is 9.90 Å². The lowest BCUT2D eigenvalue weighted by atomic mass is 10.4. The highest BCUT2D eigenvalue weighted by molar-refractivity contribution is 7.07. The molecule has 5 nitrogen and oxygen atoms in total. The molecular weight excluding hydrogens is 202 g/mol. The fraction of sp³-hybridized carbons (Fsp3) is 0.625. The number of carboxylic acid groups (broad SMARTS) is 1. The molecule has 0 atom stereocenters. The number of aromatic carboxylic acids is 1. The largest absolute Gasteiger partial charge is 0.476 e. The molecule has 0 radical (unpaired) electrons. The number of aromatic nitrogens is 2. The highest BCUT2D eigenvalue weighted by atomic mass is 32.1. The minimum Gasteiger partial charge on any atom is -0.476 e.